The van der Waals surface area contributed by atoms with E-state index in [2.05, 4.69) is 0 Å². The Labute approximate surface area is 166 Å². The summed E-state index contributed by atoms with van der Waals surface area (Å²) in [6.07, 6.45) is 0. The second kappa shape index (κ2) is 8.27. The highest BCUT2D eigenvalue weighted by atomic mass is 35.5. The van der Waals surface area contributed by atoms with Gasteiger partial charge in [0.15, 0.2) is 12.0 Å². The summed E-state index contributed by atoms with van der Waals surface area (Å²) >= 11 is 5.86. The fourth-order valence-electron chi connectivity index (χ4n) is 2.59. The zero-order valence-electron chi connectivity index (χ0n) is 15.4. The number of carbonyl (C=O) groups excluding carboxylic acids is 2. The van der Waals surface area contributed by atoms with E-state index >= 15 is 0 Å². The lowest BCUT2D eigenvalue weighted by Gasteiger charge is -2.17. The van der Waals surface area contributed by atoms with E-state index in [0.717, 1.165) is 17.2 Å². The number of carbonyl (C=O) groups is 2. The summed E-state index contributed by atoms with van der Waals surface area (Å²) in [6.45, 7) is 1.92. The first-order valence-corrected chi connectivity index (χ1v) is 8.91. The van der Waals surface area contributed by atoms with Crippen LogP contribution in [0.4, 0.5) is 0 Å². The third kappa shape index (κ3) is 4.58. The highest BCUT2D eigenvalue weighted by Crippen LogP contribution is 2.18. The molecule has 3 rings (SSSR count). The van der Waals surface area contributed by atoms with Crippen LogP contribution in [0.3, 0.4) is 0 Å². The molecule has 6 nitrogen and oxygen atoms in total. The molecule has 0 aliphatic rings. The number of likely N-dealkylation sites (N-methyl/N-ethyl adjacent to an activating group) is 1. The molecule has 1 aromatic heterocycles. The monoisotopic (exact) mass is 399 g/mol. The molecule has 144 valence electrons. The average molecular weight is 400 g/mol. The quantitative estimate of drug-likeness (QED) is 0.613. The fraction of sp³-hybridized carbons (Fsp3) is 0.190. The number of esters is 1. The number of fused-ring (bicyclic) bond motifs is 1. The SMILES string of the molecule is Cc1ccc(CN(C)C(=O)COC(=O)c2cc(=O)c3cc(Cl)ccc3o2)cc1. The molecule has 0 radical (unpaired) electrons. The van der Waals surface area contributed by atoms with Gasteiger partial charge in [-0.15, -0.1) is 0 Å². The van der Waals surface area contributed by atoms with Crippen molar-refractivity contribution in [3.05, 3.63) is 80.7 Å². The van der Waals surface area contributed by atoms with E-state index < -0.39 is 18.0 Å². The Morgan fingerprint density at radius 3 is 2.54 bits per heavy atom. The van der Waals surface area contributed by atoms with E-state index in [1.807, 2.05) is 31.2 Å². The number of rotatable bonds is 5. The molecule has 0 aliphatic carbocycles. The Balaban J connectivity index is 1.64. The molecule has 0 bridgehead atoms. The molecule has 3 aromatic rings. The van der Waals surface area contributed by atoms with Crippen LogP contribution >= 0.6 is 11.6 Å². The molecule has 28 heavy (non-hydrogen) atoms. The molecular formula is C21H18ClNO5. The maximum absolute atomic E-state index is 12.2. The summed E-state index contributed by atoms with van der Waals surface area (Å²) < 4.78 is 10.4. The number of aryl methyl sites for hydroxylation is 1. The molecule has 0 N–H and O–H groups in total. The van der Waals surface area contributed by atoms with E-state index in [0.29, 0.717) is 11.6 Å². The van der Waals surface area contributed by atoms with Crippen LogP contribution in [0, 0.1) is 6.92 Å². The van der Waals surface area contributed by atoms with Crippen molar-refractivity contribution in [1.82, 2.24) is 4.90 Å². The molecule has 0 spiro atoms. The van der Waals surface area contributed by atoms with Gasteiger partial charge in [0.2, 0.25) is 5.76 Å². The predicted molar refractivity (Wildman–Crippen MR) is 105 cm³/mol. The molecule has 0 saturated carbocycles. The van der Waals surface area contributed by atoms with Gasteiger partial charge in [0.05, 0.1) is 5.39 Å². The highest BCUT2D eigenvalue weighted by molar-refractivity contribution is 6.31. The van der Waals surface area contributed by atoms with Crippen molar-refractivity contribution in [2.75, 3.05) is 13.7 Å². The van der Waals surface area contributed by atoms with Crippen LogP contribution in [0.25, 0.3) is 11.0 Å². The molecule has 7 heteroatoms. The average Bonchev–Trinajstić information content (AvgIpc) is 2.67. The minimum Gasteiger partial charge on any atom is -0.450 e. The Bertz CT molecular complexity index is 1090. The lowest BCUT2D eigenvalue weighted by atomic mass is 10.1. The molecule has 0 saturated heterocycles. The van der Waals surface area contributed by atoms with Crippen molar-refractivity contribution in [1.29, 1.82) is 0 Å². The van der Waals surface area contributed by atoms with Gasteiger partial charge in [-0.05, 0) is 30.7 Å². The first kappa shape index (κ1) is 19.6. The molecule has 0 unspecified atom stereocenters. The van der Waals surface area contributed by atoms with Gasteiger partial charge < -0.3 is 14.1 Å². The minimum absolute atomic E-state index is 0.215. The summed E-state index contributed by atoms with van der Waals surface area (Å²) in [7, 11) is 1.62. The van der Waals surface area contributed by atoms with Gasteiger partial charge in [-0.2, -0.15) is 0 Å². The van der Waals surface area contributed by atoms with Crippen LogP contribution in [-0.2, 0) is 16.1 Å². The number of hydrogen-bond donors (Lipinski definition) is 0. The number of nitrogens with zero attached hydrogens (tertiary/aromatic N) is 1. The zero-order chi connectivity index (χ0) is 20.3. The van der Waals surface area contributed by atoms with Crippen LogP contribution < -0.4 is 5.43 Å². The molecule has 1 amide bonds. The topological polar surface area (TPSA) is 76.8 Å². The number of ether oxygens (including phenoxy) is 1. The van der Waals surface area contributed by atoms with E-state index in [4.69, 9.17) is 20.8 Å². The summed E-state index contributed by atoms with van der Waals surface area (Å²) in [5, 5.41) is 0.648. The van der Waals surface area contributed by atoms with Crippen molar-refractivity contribution in [2.45, 2.75) is 13.5 Å². The normalized spacial score (nSPS) is 10.7. The van der Waals surface area contributed by atoms with Crippen molar-refractivity contribution < 1.29 is 18.7 Å². The Kier molecular flexibility index (Phi) is 5.80. The van der Waals surface area contributed by atoms with Crippen molar-refractivity contribution in [3.8, 4) is 0 Å². The van der Waals surface area contributed by atoms with Crippen LogP contribution in [0.1, 0.15) is 21.7 Å². The number of hydrogen-bond acceptors (Lipinski definition) is 5. The zero-order valence-corrected chi connectivity index (χ0v) is 16.2. The van der Waals surface area contributed by atoms with Gasteiger partial charge in [-0.1, -0.05) is 41.4 Å². The Hall–Kier alpha value is -3.12. The first-order chi connectivity index (χ1) is 13.3. The molecule has 0 aliphatic heterocycles. The van der Waals surface area contributed by atoms with Gasteiger partial charge in [-0.3, -0.25) is 9.59 Å². The van der Waals surface area contributed by atoms with Gasteiger partial charge in [0, 0.05) is 24.7 Å². The fourth-order valence-corrected chi connectivity index (χ4v) is 2.77. The smallest absolute Gasteiger partial charge is 0.374 e. The summed E-state index contributed by atoms with van der Waals surface area (Å²) in [5.74, 6) is -1.52. The second-order valence-electron chi connectivity index (χ2n) is 6.43. The van der Waals surface area contributed by atoms with Gasteiger partial charge in [0.1, 0.15) is 5.58 Å². The van der Waals surface area contributed by atoms with Crippen LogP contribution in [0.5, 0.6) is 0 Å². The predicted octanol–water partition coefficient (Wildman–Crippen LogP) is 3.57. The maximum Gasteiger partial charge on any atom is 0.374 e. The number of amides is 1. The summed E-state index contributed by atoms with van der Waals surface area (Å²) in [6, 6.07) is 13.3. The van der Waals surface area contributed by atoms with Gasteiger partial charge >= 0.3 is 5.97 Å². The summed E-state index contributed by atoms with van der Waals surface area (Å²) in [4.78, 5) is 38.0. The molecule has 0 atom stereocenters. The molecular weight excluding hydrogens is 382 g/mol. The van der Waals surface area contributed by atoms with Gasteiger partial charge in [0.25, 0.3) is 5.91 Å². The highest BCUT2D eigenvalue weighted by Gasteiger charge is 2.17. The summed E-state index contributed by atoms with van der Waals surface area (Å²) in [5.41, 5.74) is 1.89. The standard InChI is InChI=1S/C21H18ClNO5/c1-13-3-5-14(6-4-13)11-23(2)20(25)12-27-21(26)19-10-17(24)16-9-15(22)7-8-18(16)28-19/h3-10H,11-12H2,1-2H3. The van der Waals surface area contributed by atoms with Crippen molar-refractivity contribution >= 4 is 34.4 Å². The number of benzene rings is 2. The van der Waals surface area contributed by atoms with E-state index in [1.165, 1.54) is 17.0 Å². The van der Waals surface area contributed by atoms with E-state index in [-0.39, 0.29) is 22.6 Å². The third-order valence-electron chi connectivity index (χ3n) is 4.18. The first-order valence-electron chi connectivity index (χ1n) is 8.53. The molecule has 1 heterocycles. The number of halogens is 1. The van der Waals surface area contributed by atoms with E-state index in [1.54, 1.807) is 13.1 Å². The van der Waals surface area contributed by atoms with Crippen LogP contribution in [0.2, 0.25) is 5.02 Å². The lowest BCUT2D eigenvalue weighted by molar-refractivity contribution is -0.133. The maximum atomic E-state index is 12.2. The van der Waals surface area contributed by atoms with Crippen LogP contribution in [0.15, 0.2) is 57.7 Å². The largest absolute Gasteiger partial charge is 0.450 e. The Morgan fingerprint density at radius 2 is 1.82 bits per heavy atom. The minimum atomic E-state index is -0.883. The van der Waals surface area contributed by atoms with Crippen molar-refractivity contribution in [3.63, 3.8) is 0 Å². The van der Waals surface area contributed by atoms with E-state index in [9.17, 15) is 14.4 Å². The Morgan fingerprint density at radius 1 is 1.11 bits per heavy atom. The van der Waals surface area contributed by atoms with Gasteiger partial charge in [-0.25, -0.2) is 4.79 Å². The lowest BCUT2D eigenvalue weighted by Crippen LogP contribution is -2.30. The van der Waals surface area contributed by atoms with Crippen molar-refractivity contribution in [2.24, 2.45) is 0 Å². The van der Waals surface area contributed by atoms with Crippen LogP contribution in [-0.4, -0.2) is 30.4 Å². The molecule has 2 aromatic carbocycles. The molecule has 0 fully saturated rings. The third-order valence-corrected chi connectivity index (χ3v) is 4.42. The second-order valence-corrected chi connectivity index (χ2v) is 6.86.